The minimum Gasteiger partial charge on any atom is -0.396 e. The highest BCUT2D eigenvalue weighted by Gasteiger charge is 2.39. The number of aliphatic hydroxyl groups excluding tert-OH is 1. The number of nitrogens with one attached hydrogen (secondary N) is 1. The first-order chi connectivity index (χ1) is 9.37. The summed E-state index contributed by atoms with van der Waals surface area (Å²) in [6.07, 6.45) is 2.44. The van der Waals surface area contributed by atoms with Crippen LogP contribution in [0.4, 0.5) is 8.78 Å². The molecule has 0 aliphatic heterocycles. The fraction of sp³-hybridized carbons (Fsp3) is 0.500. The van der Waals surface area contributed by atoms with E-state index in [1.165, 1.54) is 0 Å². The van der Waals surface area contributed by atoms with E-state index in [-0.39, 0.29) is 28.6 Å². The second kappa shape index (κ2) is 5.66. The highest BCUT2D eigenvalue weighted by molar-refractivity contribution is 6.33. The summed E-state index contributed by atoms with van der Waals surface area (Å²) in [5.74, 6) is -2.76. The molecule has 0 saturated heterocycles. The number of amides is 1. The molecule has 0 bridgehead atoms. The molecule has 110 valence electrons. The van der Waals surface area contributed by atoms with E-state index in [1.807, 2.05) is 6.92 Å². The summed E-state index contributed by atoms with van der Waals surface area (Å²) in [5, 5.41) is 12.0. The molecule has 0 radical (unpaired) electrons. The lowest BCUT2D eigenvalue weighted by Crippen LogP contribution is -2.44. The summed E-state index contributed by atoms with van der Waals surface area (Å²) >= 11 is 5.77. The van der Waals surface area contributed by atoms with Crippen molar-refractivity contribution in [1.29, 1.82) is 0 Å². The Morgan fingerprint density at radius 2 is 2.15 bits per heavy atom. The fourth-order valence-electron chi connectivity index (χ4n) is 2.60. The van der Waals surface area contributed by atoms with Crippen molar-refractivity contribution >= 4 is 17.5 Å². The summed E-state index contributed by atoms with van der Waals surface area (Å²) < 4.78 is 26.2. The van der Waals surface area contributed by atoms with Gasteiger partial charge in [-0.2, -0.15) is 0 Å². The molecule has 1 amide bonds. The predicted octanol–water partition coefficient (Wildman–Crippen LogP) is 2.90. The Balaban J connectivity index is 2.19. The summed E-state index contributed by atoms with van der Waals surface area (Å²) in [5.41, 5.74) is -0.487. The maximum absolute atomic E-state index is 13.2. The molecule has 2 rings (SSSR count). The van der Waals surface area contributed by atoms with Crippen molar-refractivity contribution in [2.24, 2.45) is 5.41 Å². The van der Waals surface area contributed by atoms with Crippen LogP contribution in [0, 0.1) is 17.0 Å². The summed E-state index contributed by atoms with van der Waals surface area (Å²) in [6, 6.07) is 1.37. The van der Waals surface area contributed by atoms with Crippen molar-refractivity contribution in [3.05, 3.63) is 34.4 Å². The molecule has 6 heteroatoms. The third-order valence-electron chi connectivity index (χ3n) is 4.00. The molecule has 1 aliphatic carbocycles. The van der Waals surface area contributed by atoms with Gasteiger partial charge in [0.1, 0.15) is 0 Å². The third-order valence-corrected chi connectivity index (χ3v) is 4.32. The first-order valence-electron chi connectivity index (χ1n) is 6.43. The Morgan fingerprint density at radius 1 is 1.50 bits per heavy atom. The van der Waals surface area contributed by atoms with Gasteiger partial charge < -0.3 is 10.4 Å². The Hall–Kier alpha value is -1.20. The molecule has 1 aromatic carbocycles. The van der Waals surface area contributed by atoms with Crippen LogP contribution in [0.2, 0.25) is 5.02 Å². The lowest BCUT2D eigenvalue weighted by molar-refractivity contribution is 0.0830. The van der Waals surface area contributed by atoms with Crippen LogP contribution in [-0.4, -0.2) is 23.7 Å². The van der Waals surface area contributed by atoms with Gasteiger partial charge in [-0.1, -0.05) is 24.9 Å². The monoisotopic (exact) mass is 303 g/mol. The zero-order valence-corrected chi connectivity index (χ0v) is 11.8. The van der Waals surface area contributed by atoms with E-state index in [2.05, 4.69) is 5.32 Å². The zero-order chi connectivity index (χ0) is 14.9. The normalized spacial score (nSPS) is 25.8. The second-order valence-corrected chi connectivity index (χ2v) is 5.88. The van der Waals surface area contributed by atoms with Crippen LogP contribution in [0.25, 0.3) is 0 Å². The highest BCUT2D eigenvalue weighted by Crippen LogP contribution is 2.37. The van der Waals surface area contributed by atoms with Gasteiger partial charge in [0.05, 0.1) is 17.2 Å². The van der Waals surface area contributed by atoms with E-state index < -0.39 is 17.5 Å². The number of carbonyl (C=O) groups excluding carboxylic acids is 1. The van der Waals surface area contributed by atoms with E-state index >= 15 is 0 Å². The molecule has 3 nitrogen and oxygen atoms in total. The van der Waals surface area contributed by atoms with Crippen LogP contribution in [0.15, 0.2) is 12.1 Å². The van der Waals surface area contributed by atoms with Gasteiger partial charge in [-0.25, -0.2) is 8.78 Å². The fourth-order valence-corrected chi connectivity index (χ4v) is 2.84. The number of hydrogen-bond acceptors (Lipinski definition) is 2. The van der Waals surface area contributed by atoms with Crippen molar-refractivity contribution < 1.29 is 18.7 Å². The average molecular weight is 304 g/mol. The van der Waals surface area contributed by atoms with Crippen LogP contribution in [0.1, 0.15) is 36.5 Å². The zero-order valence-electron chi connectivity index (χ0n) is 11.0. The van der Waals surface area contributed by atoms with Gasteiger partial charge in [-0.3, -0.25) is 4.79 Å². The van der Waals surface area contributed by atoms with Crippen LogP contribution in [-0.2, 0) is 0 Å². The molecule has 1 aromatic rings. The lowest BCUT2D eigenvalue weighted by Gasteiger charge is -2.30. The van der Waals surface area contributed by atoms with Gasteiger partial charge in [0.2, 0.25) is 0 Å². The maximum atomic E-state index is 13.2. The van der Waals surface area contributed by atoms with Crippen molar-refractivity contribution in [1.82, 2.24) is 5.32 Å². The van der Waals surface area contributed by atoms with Gasteiger partial charge in [0, 0.05) is 11.5 Å². The van der Waals surface area contributed by atoms with E-state index in [0.29, 0.717) is 0 Å². The van der Waals surface area contributed by atoms with Crippen molar-refractivity contribution in [2.75, 3.05) is 6.61 Å². The first kappa shape index (κ1) is 15.2. The number of halogens is 3. The Morgan fingerprint density at radius 3 is 2.80 bits per heavy atom. The highest BCUT2D eigenvalue weighted by atomic mass is 35.5. The Labute approximate surface area is 120 Å². The molecule has 1 fully saturated rings. The first-order valence-corrected chi connectivity index (χ1v) is 6.81. The maximum Gasteiger partial charge on any atom is 0.253 e. The third kappa shape index (κ3) is 2.79. The van der Waals surface area contributed by atoms with Crippen molar-refractivity contribution in [3.63, 3.8) is 0 Å². The van der Waals surface area contributed by atoms with Crippen LogP contribution in [0.5, 0.6) is 0 Å². The van der Waals surface area contributed by atoms with Crippen LogP contribution in [0.3, 0.4) is 0 Å². The Bertz CT molecular complexity index is 538. The molecule has 2 unspecified atom stereocenters. The van der Waals surface area contributed by atoms with Crippen LogP contribution < -0.4 is 5.32 Å². The molecule has 20 heavy (non-hydrogen) atoms. The SMILES string of the molecule is CC1(CO)CCCC1NC(=O)c1cc(F)c(F)cc1Cl. The van der Waals surface area contributed by atoms with Gasteiger partial charge >= 0.3 is 0 Å². The topological polar surface area (TPSA) is 49.3 Å². The number of rotatable bonds is 3. The average Bonchev–Trinajstić information content (AvgIpc) is 2.76. The smallest absolute Gasteiger partial charge is 0.253 e. The molecule has 1 aliphatic rings. The number of benzene rings is 1. The standard InChI is InChI=1S/C14H16ClF2NO2/c1-14(7-19)4-2-3-12(14)18-13(20)8-5-10(16)11(17)6-9(8)15/h5-6,12,19H,2-4,7H2,1H3,(H,18,20). The van der Waals surface area contributed by atoms with E-state index in [0.717, 1.165) is 31.4 Å². The number of carbonyl (C=O) groups is 1. The second-order valence-electron chi connectivity index (χ2n) is 5.48. The predicted molar refractivity (Wildman–Crippen MR) is 71.7 cm³/mol. The molecule has 2 N–H and O–H groups in total. The summed E-state index contributed by atoms with van der Waals surface area (Å²) in [4.78, 5) is 12.1. The Kier molecular flexibility index (Phi) is 4.30. The minimum absolute atomic E-state index is 0.0382. The van der Waals surface area contributed by atoms with Gasteiger partial charge in [0.15, 0.2) is 11.6 Å². The molecule has 0 spiro atoms. The molecular weight excluding hydrogens is 288 g/mol. The summed E-state index contributed by atoms with van der Waals surface area (Å²) in [6.45, 7) is 1.85. The number of hydrogen-bond donors (Lipinski definition) is 2. The molecule has 1 saturated carbocycles. The molecular formula is C14H16ClF2NO2. The van der Waals surface area contributed by atoms with Crippen molar-refractivity contribution in [2.45, 2.75) is 32.2 Å². The van der Waals surface area contributed by atoms with Gasteiger partial charge in [-0.15, -0.1) is 0 Å². The summed E-state index contributed by atoms with van der Waals surface area (Å²) in [7, 11) is 0. The minimum atomic E-state index is -1.11. The van der Waals surface area contributed by atoms with E-state index in [4.69, 9.17) is 11.6 Å². The molecule has 0 heterocycles. The van der Waals surface area contributed by atoms with Crippen LogP contribution >= 0.6 is 11.6 Å². The largest absolute Gasteiger partial charge is 0.396 e. The van der Waals surface area contributed by atoms with E-state index in [1.54, 1.807) is 0 Å². The van der Waals surface area contributed by atoms with E-state index in [9.17, 15) is 18.7 Å². The van der Waals surface area contributed by atoms with Gasteiger partial charge in [0.25, 0.3) is 5.91 Å². The molecule has 2 atom stereocenters. The van der Waals surface area contributed by atoms with Gasteiger partial charge in [-0.05, 0) is 25.0 Å². The molecule has 0 aromatic heterocycles. The number of aliphatic hydroxyl groups is 1. The quantitative estimate of drug-likeness (QED) is 0.844. The lowest BCUT2D eigenvalue weighted by atomic mass is 9.85. The van der Waals surface area contributed by atoms with Crippen molar-refractivity contribution in [3.8, 4) is 0 Å².